The molecule has 5 nitrogen and oxygen atoms in total. The summed E-state index contributed by atoms with van der Waals surface area (Å²) in [6.07, 6.45) is 1.36. The van der Waals surface area contributed by atoms with Crippen LogP contribution in [0.1, 0.15) is 15.2 Å². The van der Waals surface area contributed by atoms with Crippen molar-refractivity contribution in [2.24, 2.45) is 5.84 Å². The number of hydrogen-bond acceptors (Lipinski definition) is 4. The van der Waals surface area contributed by atoms with E-state index in [0.717, 1.165) is 4.88 Å². The molecule has 1 aromatic heterocycles. The predicted octanol–water partition coefficient (Wildman–Crippen LogP) is 1.51. The number of nitrogens with one attached hydrogen (secondary N) is 2. The maximum Gasteiger partial charge on any atom is 0.268 e. The van der Waals surface area contributed by atoms with E-state index in [4.69, 9.17) is 5.84 Å². The Morgan fingerprint density at radius 3 is 2.45 bits per heavy atom. The van der Waals surface area contributed by atoms with Crippen molar-refractivity contribution in [3.63, 3.8) is 0 Å². The summed E-state index contributed by atoms with van der Waals surface area (Å²) in [6, 6.07) is 12.3. The Balaban J connectivity index is 2.18. The predicted molar refractivity (Wildman–Crippen MR) is 78.5 cm³/mol. The number of benzene rings is 1. The van der Waals surface area contributed by atoms with Gasteiger partial charge in [0, 0.05) is 16.6 Å². The fourth-order valence-electron chi connectivity index (χ4n) is 1.57. The third kappa shape index (κ3) is 3.31. The fourth-order valence-corrected chi connectivity index (χ4v) is 2.31. The molecule has 2 aromatic rings. The number of carbonyl (C=O) groups excluding carboxylic acids is 2. The monoisotopic (exact) mass is 287 g/mol. The molecule has 4 N–H and O–H groups in total. The Hall–Kier alpha value is -2.44. The van der Waals surface area contributed by atoms with Crippen LogP contribution in [0.15, 0.2) is 54.0 Å². The summed E-state index contributed by atoms with van der Waals surface area (Å²) in [7, 11) is 0. The first-order valence-corrected chi connectivity index (χ1v) is 6.71. The maximum atomic E-state index is 11.9. The van der Waals surface area contributed by atoms with E-state index in [1.165, 1.54) is 17.5 Å². The molecule has 0 bridgehead atoms. The zero-order chi connectivity index (χ0) is 14.4. The van der Waals surface area contributed by atoms with Gasteiger partial charge in [-0.05, 0) is 23.6 Å². The van der Waals surface area contributed by atoms with Crippen LogP contribution in [0.4, 0.5) is 0 Å². The third-order valence-electron chi connectivity index (χ3n) is 2.55. The smallest absolute Gasteiger partial charge is 0.268 e. The normalized spacial score (nSPS) is 10.9. The molecule has 1 heterocycles. The van der Waals surface area contributed by atoms with Crippen molar-refractivity contribution in [2.45, 2.75) is 0 Å². The molecule has 0 aliphatic carbocycles. The molecule has 2 rings (SSSR count). The van der Waals surface area contributed by atoms with E-state index in [-0.39, 0.29) is 5.91 Å². The molecule has 6 heteroatoms. The van der Waals surface area contributed by atoms with E-state index in [2.05, 4.69) is 10.7 Å². The maximum absolute atomic E-state index is 11.9. The first kappa shape index (κ1) is 14.0. The highest BCUT2D eigenvalue weighted by atomic mass is 32.1. The van der Waals surface area contributed by atoms with Gasteiger partial charge < -0.3 is 5.32 Å². The lowest BCUT2D eigenvalue weighted by Gasteiger charge is -2.05. The summed E-state index contributed by atoms with van der Waals surface area (Å²) in [6.45, 7) is 0. The highest BCUT2D eigenvalue weighted by Crippen LogP contribution is 2.19. The first-order valence-electron chi connectivity index (χ1n) is 5.83. The molecule has 2 amide bonds. The molecule has 0 saturated heterocycles. The second kappa shape index (κ2) is 6.65. The van der Waals surface area contributed by atoms with Gasteiger partial charge in [-0.25, -0.2) is 5.84 Å². The first-order chi connectivity index (χ1) is 9.72. The average Bonchev–Trinajstić information content (AvgIpc) is 3.02. The number of thiophene rings is 1. The van der Waals surface area contributed by atoms with E-state index < -0.39 is 5.91 Å². The number of hydrogen-bond donors (Lipinski definition) is 3. The van der Waals surface area contributed by atoms with Crippen LogP contribution in [0.2, 0.25) is 0 Å². The van der Waals surface area contributed by atoms with E-state index >= 15 is 0 Å². The van der Waals surface area contributed by atoms with Crippen LogP contribution >= 0.6 is 11.3 Å². The van der Waals surface area contributed by atoms with Crippen LogP contribution in [0.5, 0.6) is 0 Å². The molecule has 0 radical (unpaired) electrons. The van der Waals surface area contributed by atoms with Crippen molar-refractivity contribution in [3.8, 4) is 0 Å². The highest BCUT2D eigenvalue weighted by molar-refractivity contribution is 7.11. The van der Waals surface area contributed by atoms with Gasteiger partial charge in [0.05, 0.1) is 5.57 Å². The molecule has 0 spiro atoms. The Morgan fingerprint density at radius 2 is 1.85 bits per heavy atom. The van der Waals surface area contributed by atoms with Gasteiger partial charge in [0.15, 0.2) is 0 Å². The molecular weight excluding hydrogens is 274 g/mol. The third-order valence-corrected chi connectivity index (χ3v) is 3.45. The minimum Gasteiger partial charge on any atom is -0.328 e. The molecule has 1 aromatic carbocycles. The van der Waals surface area contributed by atoms with Crippen LogP contribution in [0.25, 0.3) is 5.57 Å². The molecule has 0 atom stereocenters. The Labute approximate surface area is 120 Å². The Bertz CT molecular complexity index is 621. The van der Waals surface area contributed by atoms with Crippen molar-refractivity contribution in [2.75, 3.05) is 0 Å². The molecule has 0 saturated carbocycles. The van der Waals surface area contributed by atoms with Crippen molar-refractivity contribution in [1.29, 1.82) is 0 Å². The van der Waals surface area contributed by atoms with Gasteiger partial charge in [-0.2, -0.15) is 0 Å². The van der Waals surface area contributed by atoms with Gasteiger partial charge >= 0.3 is 0 Å². The van der Waals surface area contributed by atoms with Gasteiger partial charge in [-0.1, -0.05) is 24.3 Å². The molecule has 0 aliphatic heterocycles. The SMILES string of the molecule is NNC(=O)C(=CNC(=O)c1ccccc1)c1cccs1. The Kier molecular flexibility index (Phi) is 4.65. The molecular formula is C14H13N3O2S. The second-order valence-corrected chi connectivity index (χ2v) is 4.80. The van der Waals surface area contributed by atoms with Crippen LogP contribution in [0, 0.1) is 0 Å². The lowest BCUT2D eigenvalue weighted by molar-refractivity contribution is -0.115. The zero-order valence-electron chi connectivity index (χ0n) is 10.5. The number of nitrogens with two attached hydrogens (primary N) is 1. The van der Waals surface area contributed by atoms with E-state index in [1.54, 1.807) is 30.3 Å². The summed E-state index contributed by atoms with van der Waals surface area (Å²) < 4.78 is 0. The Morgan fingerprint density at radius 1 is 1.10 bits per heavy atom. The highest BCUT2D eigenvalue weighted by Gasteiger charge is 2.12. The largest absolute Gasteiger partial charge is 0.328 e. The van der Waals surface area contributed by atoms with Crippen LogP contribution in [-0.2, 0) is 4.79 Å². The van der Waals surface area contributed by atoms with E-state index in [0.29, 0.717) is 11.1 Å². The number of hydrazine groups is 1. The fraction of sp³-hybridized carbons (Fsp3) is 0. The molecule has 0 fully saturated rings. The number of amides is 2. The van der Waals surface area contributed by atoms with Gasteiger partial charge in [0.2, 0.25) is 0 Å². The van der Waals surface area contributed by atoms with Gasteiger partial charge in [-0.3, -0.25) is 15.0 Å². The van der Waals surface area contributed by atoms with Gasteiger partial charge in [0.1, 0.15) is 0 Å². The van der Waals surface area contributed by atoms with E-state index in [1.807, 2.05) is 17.5 Å². The van der Waals surface area contributed by atoms with Gasteiger partial charge in [0.25, 0.3) is 11.8 Å². The molecule has 102 valence electrons. The minimum absolute atomic E-state index is 0.288. The number of rotatable bonds is 4. The van der Waals surface area contributed by atoms with Crippen LogP contribution in [-0.4, -0.2) is 11.8 Å². The summed E-state index contributed by atoms with van der Waals surface area (Å²) in [5.74, 6) is 4.40. The molecule has 0 unspecified atom stereocenters. The summed E-state index contributed by atoms with van der Waals surface area (Å²) in [5.41, 5.74) is 2.89. The van der Waals surface area contributed by atoms with Crippen molar-refractivity contribution in [3.05, 3.63) is 64.5 Å². The lowest BCUT2D eigenvalue weighted by atomic mass is 10.2. The average molecular weight is 287 g/mol. The van der Waals surface area contributed by atoms with Gasteiger partial charge in [-0.15, -0.1) is 11.3 Å². The minimum atomic E-state index is -0.458. The standard InChI is InChI=1S/C14H13N3O2S/c15-17-14(19)11(12-7-4-8-20-12)9-16-13(18)10-5-2-1-3-6-10/h1-9H,15H2,(H,16,18)(H,17,19). The lowest BCUT2D eigenvalue weighted by Crippen LogP contribution is -2.31. The summed E-state index contributed by atoms with van der Waals surface area (Å²) in [5, 5.41) is 4.43. The second-order valence-electron chi connectivity index (χ2n) is 3.85. The van der Waals surface area contributed by atoms with E-state index in [9.17, 15) is 9.59 Å². The van der Waals surface area contributed by atoms with Crippen molar-refractivity contribution >= 4 is 28.7 Å². The van der Waals surface area contributed by atoms with Crippen molar-refractivity contribution in [1.82, 2.24) is 10.7 Å². The number of carbonyl (C=O) groups is 2. The molecule has 20 heavy (non-hydrogen) atoms. The van der Waals surface area contributed by atoms with Crippen LogP contribution in [0.3, 0.4) is 0 Å². The van der Waals surface area contributed by atoms with Crippen molar-refractivity contribution < 1.29 is 9.59 Å². The molecule has 0 aliphatic rings. The van der Waals surface area contributed by atoms with Crippen LogP contribution < -0.4 is 16.6 Å². The summed E-state index contributed by atoms with van der Waals surface area (Å²) in [4.78, 5) is 24.3. The quantitative estimate of drug-likeness (QED) is 0.345. The topological polar surface area (TPSA) is 84.2 Å². The zero-order valence-corrected chi connectivity index (χ0v) is 11.3. The summed E-state index contributed by atoms with van der Waals surface area (Å²) >= 11 is 1.39.